The second-order valence-corrected chi connectivity index (χ2v) is 8.05. The Morgan fingerprint density at radius 2 is 1.86 bits per heavy atom. The van der Waals surface area contributed by atoms with Crippen molar-refractivity contribution in [1.29, 1.82) is 0 Å². The molecule has 0 aliphatic heterocycles. The minimum absolute atomic E-state index is 0.0850. The summed E-state index contributed by atoms with van der Waals surface area (Å²) in [5.41, 5.74) is 5.68. The first kappa shape index (κ1) is 19.1. The zero-order chi connectivity index (χ0) is 20.5. The van der Waals surface area contributed by atoms with Gasteiger partial charge in [-0.25, -0.2) is 4.98 Å². The number of nitrogens with zero attached hydrogens (tertiary/aromatic N) is 2. The smallest absolute Gasteiger partial charge is 0.263 e. The molecule has 4 aromatic rings. The molecule has 0 spiro atoms. The third-order valence-corrected chi connectivity index (χ3v) is 5.85. The van der Waals surface area contributed by atoms with Crippen LogP contribution < -0.4 is 10.9 Å². The van der Waals surface area contributed by atoms with Gasteiger partial charge in [0.1, 0.15) is 11.4 Å². The summed E-state index contributed by atoms with van der Waals surface area (Å²) in [4.78, 5) is 30.8. The average Bonchev–Trinajstić information content (AvgIpc) is 3.10. The molecule has 1 amide bonds. The summed E-state index contributed by atoms with van der Waals surface area (Å²) < 4.78 is 1.37. The molecular weight excluding hydrogens is 382 g/mol. The van der Waals surface area contributed by atoms with Crippen LogP contribution in [0.25, 0.3) is 21.3 Å². The lowest BCUT2D eigenvalue weighted by Crippen LogP contribution is -2.28. The number of thiophene rings is 1. The number of anilines is 1. The Labute approximate surface area is 172 Å². The van der Waals surface area contributed by atoms with E-state index < -0.39 is 0 Å². The van der Waals surface area contributed by atoms with E-state index in [-0.39, 0.29) is 18.0 Å². The van der Waals surface area contributed by atoms with Gasteiger partial charge in [-0.2, -0.15) is 0 Å². The van der Waals surface area contributed by atoms with E-state index in [1.165, 1.54) is 27.8 Å². The fraction of sp³-hybridized carbons (Fsp3) is 0.174. The number of para-hydroxylation sites is 1. The van der Waals surface area contributed by atoms with Gasteiger partial charge in [0.15, 0.2) is 0 Å². The van der Waals surface area contributed by atoms with Crippen LogP contribution in [0.2, 0.25) is 0 Å². The largest absolute Gasteiger partial charge is 0.324 e. The highest BCUT2D eigenvalue weighted by molar-refractivity contribution is 7.17. The second kappa shape index (κ2) is 7.64. The molecule has 146 valence electrons. The number of rotatable bonds is 4. The molecule has 0 fully saturated rings. The van der Waals surface area contributed by atoms with Crippen molar-refractivity contribution in [3.63, 3.8) is 0 Å². The van der Waals surface area contributed by atoms with Gasteiger partial charge in [0, 0.05) is 16.6 Å². The van der Waals surface area contributed by atoms with Gasteiger partial charge in [-0.05, 0) is 43.5 Å². The number of benzene rings is 2. The van der Waals surface area contributed by atoms with Crippen molar-refractivity contribution in [1.82, 2.24) is 9.55 Å². The fourth-order valence-electron chi connectivity index (χ4n) is 3.45. The summed E-state index contributed by atoms with van der Waals surface area (Å²) >= 11 is 1.44. The van der Waals surface area contributed by atoms with Gasteiger partial charge in [-0.3, -0.25) is 14.2 Å². The average molecular weight is 404 g/mol. The van der Waals surface area contributed by atoms with Crippen molar-refractivity contribution in [2.24, 2.45) is 0 Å². The molecule has 0 bridgehead atoms. The summed E-state index contributed by atoms with van der Waals surface area (Å²) in [6, 6.07) is 13.7. The Balaban J connectivity index is 1.70. The summed E-state index contributed by atoms with van der Waals surface area (Å²) in [7, 11) is 0. The maximum atomic E-state index is 13.2. The van der Waals surface area contributed by atoms with Crippen LogP contribution in [0.4, 0.5) is 5.69 Å². The molecule has 2 heterocycles. The number of aromatic nitrogens is 2. The van der Waals surface area contributed by atoms with Crippen LogP contribution in [0.5, 0.6) is 0 Å². The molecule has 0 saturated carbocycles. The Morgan fingerprint density at radius 1 is 1.07 bits per heavy atom. The van der Waals surface area contributed by atoms with E-state index in [9.17, 15) is 9.59 Å². The second-order valence-electron chi connectivity index (χ2n) is 7.19. The Hall–Kier alpha value is -3.25. The quantitative estimate of drug-likeness (QED) is 0.538. The zero-order valence-corrected chi connectivity index (χ0v) is 17.3. The van der Waals surface area contributed by atoms with Crippen LogP contribution in [-0.2, 0) is 11.3 Å². The Bertz CT molecular complexity index is 1290. The number of hydrogen-bond donors (Lipinski definition) is 1. The molecule has 0 radical (unpaired) electrons. The number of carbonyl (C=O) groups excluding carboxylic acids is 1. The third kappa shape index (κ3) is 3.71. The van der Waals surface area contributed by atoms with E-state index in [0.29, 0.717) is 10.2 Å². The van der Waals surface area contributed by atoms with Crippen molar-refractivity contribution in [3.8, 4) is 11.1 Å². The van der Waals surface area contributed by atoms with Crippen molar-refractivity contribution in [2.75, 3.05) is 5.32 Å². The number of fused-ring (bicyclic) bond motifs is 1. The topological polar surface area (TPSA) is 64.0 Å². The highest BCUT2D eigenvalue weighted by Gasteiger charge is 2.16. The SMILES string of the molecule is Cc1ccc(-c2csc3ncn(CC(=O)Nc4ccccc4C)c(=O)c23)c(C)c1. The fourth-order valence-corrected chi connectivity index (χ4v) is 4.35. The van der Waals surface area contributed by atoms with E-state index in [0.717, 1.165) is 27.9 Å². The summed E-state index contributed by atoms with van der Waals surface area (Å²) in [6.07, 6.45) is 1.45. The van der Waals surface area contributed by atoms with E-state index in [2.05, 4.69) is 16.4 Å². The minimum Gasteiger partial charge on any atom is -0.324 e. The Kier molecular flexibility index (Phi) is 5.03. The van der Waals surface area contributed by atoms with Crippen LogP contribution in [-0.4, -0.2) is 15.5 Å². The van der Waals surface area contributed by atoms with Crippen LogP contribution in [0.3, 0.4) is 0 Å². The van der Waals surface area contributed by atoms with E-state index >= 15 is 0 Å². The molecule has 0 unspecified atom stereocenters. The van der Waals surface area contributed by atoms with Crippen molar-refractivity contribution in [3.05, 3.63) is 81.2 Å². The third-order valence-electron chi connectivity index (χ3n) is 4.97. The van der Waals surface area contributed by atoms with Crippen LogP contribution in [0.1, 0.15) is 16.7 Å². The molecule has 6 heteroatoms. The number of carbonyl (C=O) groups is 1. The maximum absolute atomic E-state index is 13.2. The van der Waals surface area contributed by atoms with Crippen LogP contribution >= 0.6 is 11.3 Å². The molecule has 4 rings (SSSR count). The van der Waals surface area contributed by atoms with E-state index in [4.69, 9.17) is 0 Å². The first-order chi connectivity index (χ1) is 13.9. The highest BCUT2D eigenvalue weighted by atomic mass is 32.1. The van der Waals surface area contributed by atoms with Gasteiger partial charge in [-0.1, -0.05) is 42.0 Å². The molecule has 2 aromatic heterocycles. The van der Waals surface area contributed by atoms with Gasteiger partial charge < -0.3 is 5.32 Å². The minimum atomic E-state index is -0.258. The predicted octanol–water partition coefficient (Wildman–Crippen LogP) is 4.69. The molecule has 5 nitrogen and oxygen atoms in total. The standard InChI is InChI=1S/C23H21N3O2S/c1-14-8-9-17(16(3)10-14)18-12-29-22-21(18)23(28)26(13-24-22)11-20(27)25-19-7-5-4-6-15(19)2/h4-10,12-13H,11H2,1-3H3,(H,25,27). The first-order valence-electron chi connectivity index (χ1n) is 9.34. The monoisotopic (exact) mass is 403 g/mol. The summed E-state index contributed by atoms with van der Waals surface area (Å²) in [6.45, 7) is 5.93. The molecule has 0 aliphatic carbocycles. The van der Waals surface area contributed by atoms with E-state index in [1.807, 2.05) is 62.5 Å². The van der Waals surface area contributed by atoms with E-state index in [1.54, 1.807) is 0 Å². The lowest BCUT2D eigenvalue weighted by molar-refractivity contribution is -0.116. The van der Waals surface area contributed by atoms with Gasteiger partial charge in [0.25, 0.3) is 5.56 Å². The van der Waals surface area contributed by atoms with Crippen LogP contribution in [0.15, 0.2) is 59.0 Å². The number of nitrogens with one attached hydrogen (secondary N) is 1. The molecular formula is C23H21N3O2S. The number of hydrogen-bond acceptors (Lipinski definition) is 4. The van der Waals surface area contributed by atoms with Gasteiger partial charge in [0.05, 0.1) is 11.7 Å². The predicted molar refractivity (Wildman–Crippen MR) is 119 cm³/mol. The lowest BCUT2D eigenvalue weighted by Gasteiger charge is -2.10. The number of amides is 1. The first-order valence-corrected chi connectivity index (χ1v) is 10.2. The van der Waals surface area contributed by atoms with Crippen molar-refractivity contribution >= 4 is 33.1 Å². The lowest BCUT2D eigenvalue weighted by atomic mass is 9.99. The molecule has 0 atom stereocenters. The highest BCUT2D eigenvalue weighted by Crippen LogP contribution is 2.33. The Morgan fingerprint density at radius 3 is 2.62 bits per heavy atom. The van der Waals surface area contributed by atoms with Crippen LogP contribution in [0, 0.1) is 20.8 Å². The number of aryl methyl sites for hydroxylation is 3. The molecule has 0 saturated heterocycles. The molecule has 2 aromatic carbocycles. The van der Waals surface area contributed by atoms with Gasteiger partial charge in [0.2, 0.25) is 5.91 Å². The van der Waals surface area contributed by atoms with Gasteiger partial charge in [-0.15, -0.1) is 11.3 Å². The maximum Gasteiger partial charge on any atom is 0.263 e. The van der Waals surface area contributed by atoms with Crippen molar-refractivity contribution in [2.45, 2.75) is 27.3 Å². The molecule has 0 aliphatic rings. The summed E-state index contributed by atoms with van der Waals surface area (Å²) in [5, 5.41) is 5.40. The molecule has 29 heavy (non-hydrogen) atoms. The normalized spacial score (nSPS) is 11.0. The van der Waals surface area contributed by atoms with Crippen molar-refractivity contribution < 1.29 is 4.79 Å². The van der Waals surface area contributed by atoms with Gasteiger partial charge >= 0.3 is 0 Å². The summed E-state index contributed by atoms with van der Waals surface area (Å²) in [5.74, 6) is -0.258. The zero-order valence-electron chi connectivity index (χ0n) is 16.5. The molecule has 1 N–H and O–H groups in total.